The molecule has 0 amide bonds. The zero-order chi connectivity index (χ0) is 13.1. The van der Waals surface area contributed by atoms with Crippen LogP contribution in [0.5, 0.6) is 11.6 Å². The fourth-order valence-corrected chi connectivity index (χ4v) is 1.52. The standard InChI is InChI=1S/C13H12N2O3/c1-9-5-6-10(2)12(8-9)18-13-11(15(16)17)4-3-7-14-13/h3-8H,1-2H3. The highest BCUT2D eigenvalue weighted by atomic mass is 16.6. The van der Waals surface area contributed by atoms with Crippen molar-refractivity contribution in [1.82, 2.24) is 4.98 Å². The molecule has 1 heterocycles. The third kappa shape index (κ3) is 2.45. The van der Waals surface area contributed by atoms with Gasteiger partial charge < -0.3 is 4.74 Å². The third-order valence-corrected chi connectivity index (χ3v) is 2.50. The maximum absolute atomic E-state index is 10.8. The lowest BCUT2D eigenvalue weighted by molar-refractivity contribution is -0.386. The highest BCUT2D eigenvalue weighted by molar-refractivity contribution is 5.45. The molecule has 1 aromatic heterocycles. The second kappa shape index (κ2) is 4.83. The van der Waals surface area contributed by atoms with Crippen LogP contribution in [-0.2, 0) is 0 Å². The van der Waals surface area contributed by atoms with E-state index in [1.165, 1.54) is 18.3 Å². The molecule has 0 aliphatic carbocycles. The molecule has 92 valence electrons. The zero-order valence-electron chi connectivity index (χ0n) is 10.1. The Morgan fingerprint density at radius 1 is 1.28 bits per heavy atom. The van der Waals surface area contributed by atoms with Gasteiger partial charge in [0.15, 0.2) is 0 Å². The number of hydrogen-bond donors (Lipinski definition) is 0. The predicted molar refractivity (Wildman–Crippen MR) is 66.9 cm³/mol. The number of nitrogens with zero attached hydrogens (tertiary/aromatic N) is 2. The van der Waals surface area contributed by atoms with Crippen molar-refractivity contribution < 1.29 is 9.66 Å². The first kappa shape index (κ1) is 12.0. The van der Waals surface area contributed by atoms with Gasteiger partial charge in [0.2, 0.25) is 0 Å². The van der Waals surface area contributed by atoms with Crippen LogP contribution in [0.15, 0.2) is 36.5 Å². The molecule has 5 heteroatoms. The highest BCUT2D eigenvalue weighted by Crippen LogP contribution is 2.30. The summed E-state index contributed by atoms with van der Waals surface area (Å²) in [4.78, 5) is 14.2. The van der Waals surface area contributed by atoms with E-state index in [1.807, 2.05) is 32.0 Å². The second-order valence-corrected chi connectivity index (χ2v) is 3.96. The smallest absolute Gasteiger partial charge is 0.331 e. The summed E-state index contributed by atoms with van der Waals surface area (Å²) in [6.45, 7) is 3.81. The van der Waals surface area contributed by atoms with Gasteiger partial charge in [-0.1, -0.05) is 12.1 Å². The normalized spacial score (nSPS) is 10.1. The molecule has 0 saturated heterocycles. The zero-order valence-corrected chi connectivity index (χ0v) is 10.1. The fraction of sp³-hybridized carbons (Fsp3) is 0.154. The SMILES string of the molecule is Cc1ccc(C)c(Oc2ncccc2[N+](=O)[O-])c1. The molecule has 0 N–H and O–H groups in total. The van der Waals surface area contributed by atoms with Gasteiger partial charge in [-0.15, -0.1) is 0 Å². The molecule has 2 rings (SSSR count). The van der Waals surface area contributed by atoms with Crippen LogP contribution in [0, 0.1) is 24.0 Å². The molecule has 0 aliphatic heterocycles. The van der Waals surface area contributed by atoms with E-state index in [-0.39, 0.29) is 11.6 Å². The Morgan fingerprint density at radius 2 is 2.06 bits per heavy atom. The van der Waals surface area contributed by atoms with Crippen LogP contribution >= 0.6 is 0 Å². The first-order valence-corrected chi connectivity index (χ1v) is 5.42. The summed E-state index contributed by atoms with van der Waals surface area (Å²) in [5.74, 6) is 0.591. The maximum Gasteiger partial charge on any atom is 0.331 e. The lowest BCUT2D eigenvalue weighted by Crippen LogP contribution is -1.96. The Balaban J connectivity index is 2.40. The van der Waals surface area contributed by atoms with E-state index < -0.39 is 4.92 Å². The summed E-state index contributed by atoms with van der Waals surface area (Å²) in [5.41, 5.74) is 1.79. The summed E-state index contributed by atoms with van der Waals surface area (Å²) in [7, 11) is 0. The van der Waals surface area contributed by atoms with Crippen LogP contribution in [-0.4, -0.2) is 9.91 Å². The van der Waals surface area contributed by atoms with Crippen molar-refractivity contribution in [3.05, 3.63) is 57.8 Å². The van der Waals surface area contributed by atoms with Crippen molar-refractivity contribution in [2.24, 2.45) is 0 Å². The van der Waals surface area contributed by atoms with E-state index in [2.05, 4.69) is 4.98 Å². The summed E-state index contributed by atoms with van der Waals surface area (Å²) in [6.07, 6.45) is 1.47. The summed E-state index contributed by atoms with van der Waals surface area (Å²) >= 11 is 0. The number of rotatable bonds is 3. The highest BCUT2D eigenvalue weighted by Gasteiger charge is 2.17. The number of nitro groups is 1. The lowest BCUT2D eigenvalue weighted by Gasteiger charge is -2.08. The molecule has 0 aliphatic rings. The molecule has 5 nitrogen and oxygen atoms in total. The van der Waals surface area contributed by atoms with Gasteiger partial charge in [0.1, 0.15) is 5.75 Å². The van der Waals surface area contributed by atoms with E-state index in [4.69, 9.17) is 4.74 Å². The predicted octanol–water partition coefficient (Wildman–Crippen LogP) is 3.40. The summed E-state index contributed by atoms with van der Waals surface area (Å²) < 4.78 is 5.53. The lowest BCUT2D eigenvalue weighted by atomic mass is 10.1. The summed E-state index contributed by atoms with van der Waals surface area (Å²) in [6, 6.07) is 8.56. The van der Waals surface area contributed by atoms with Gasteiger partial charge in [0.25, 0.3) is 5.88 Å². The number of aryl methyl sites for hydroxylation is 2. The van der Waals surface area contributed by atoms with E-state index >= 15 is 0 Å². The molecular weight excluding hydrogens is 232 g/mol. The van der Waals surface area contributed by atoms with Crippen molar-refractivity contribution in [1.29, 1.82) is 0 Å². The van der Waals surface area contributed by atoms with Crippen molar-refractivity contribution in [2.75, 3.05) is 0 Å². The number of benzene rings is 1. The Labute approximate surface area is 104 Å². The molecule has 0 saturated carbocycles. The van der Waals surface area contributed by atoms with Crippen LogP contribution in [0.25, 0.3) is 0 Å². The van der Waals surface area contributed by atoms with Gasteiger partial charge in [-0.25, -0.2) is 4.98 Å². The molecule has 0 bridgehead atoms. The molecule has 0 radical (unpaired) electrons. The molecule has 0 fully saturated rings. The Hall–Kier alpha value is -2.43. The van der Waals surface area contributed by atoms with E-state index in [9.17, 15) is 10.1 Å². The van der Waals surface area contributed by atoms with Gasteiger partial charge in [0.05, 0.1) is 4.92 Å². The molecule has 18 heavy (non-hydrogen) atoms. The monoisotopic (exact) mass is 244 g/mol. The Morgan fingerprint density at radius 3 is 2.78 bits per heavy atom. The molecule has 2 aromatic rings. The number of ether oxygens (including phenoxy) is 1. The molecule has 1 aromatic carbocycles. The molecule has 0 spiro atoms. The van der Waals surface area contributed by atoms with Crippen molar-refractivity contribution in [3.8, 4) is 11.6 Å². The molecule has 0 unspecified atom stereocenters. The first-order chi connectivity index (χ1) is 8.58. The van der Waals surface area contributed by atoms with E-state index in [0.717, 1.165) is 11.1 Å². The quantitative estimate of drug-likeness (QED) is 0.613. The molecule has 0 atom stereocenters. The maximum atomic E-state index is 10.8. The fourth-order valence-electron chi connectivity index (χ4n) is 1.52. The van der Waals surface area contributed by atoms with Gasteiger partial charge in [-0.2, -0.15) is 0 Å². The second-order valence-electron chi connectivity index (χ2n) is 3.96. The van der Waals surface area contributed by atoms with Crippen LogP contribution in [0.1, 0.15) is 11.1 Å². The van der Waals surface area contributed by atoms with E-state index in [1.54, 1.807) is 0 Å². The van der Waals surface area contributed by atoms with Crippen LogP contribution < -0.4 is 4.74 Å². The number of hydrogen-bond acceptors (Lipinski definition) is 4. The minimum atomic E-state index is -0.506. The minimum Gasteiger partial charge on any atom is -0.433 e. The Kier molecular flexibility index (Phi) is 3.23. The largest absolute Gasteiger partial charge is 0.433 e. The number of aromatic nitrogens is 1. The number of pyridine rings is 1. The van der Waals surface area contributed by atoms with Gasteiger partial charge >= 0.3 is 5.69 Å². The topological polar surface area (TPSA) is 65.3 Å². The molecular formula is C13H12N2O3. The van der Waals surface area contributed by atoms with Gasteiger partial charge in [-0.3, -0.25) is 10.1 Å². The third-order valence-electron chi connectivity index (χ3n) is 2.50. The van der Waals surface area contributed by atoms with Crippen LogP contribution in [0.2, 0.25) is 0 Å². The van der Waals surface area contributed by atoms with E-state index in [0.29, 0.717) is 5.75 Å². The average molecular weight is 244 g/mol. The average Bonchev–Trinajstić information content (AvgIpc) is 2.34. The minimum absolute atomic E-state index is 0.0104. The van der Waals surface area contributed by atoms with Gasteiger partial charge in [-0.05, 0) is 37.1 Å². The summed E-state index contributed by atoms with van der Waals surface area (Å²) in [5, 5.41) is 10.8. The van der Waals surface area contributed by atoms with Gasteiger partial charge in [0, 0.05) is 12.3 Å². The van der Waals surface area contributed by atoms with Crippen LogP contribution in [0.3, 0.4) is 0 Å². The van der Waals surface area contributed by atoms with Crippen molar-refractivity contribution in [3.63, 3.8) is 0 Å². The van der Waals surface area contributed by atoms with Crippen molar-refractivity contribution in [2.45, 2.75) is 13.8 Å². The van der Waals surface area contributed by atoms with Crippen molar-refractivity contribution >= 4 is 5.69 Å². The first-order valence-electron chi connectivity index (χ1n) is 5.42. The van der Waals surface area contributed by atoms with Crippen LogP contribution in [0.4, 0.5) is 5.69 Å². The Bertz CT molecular complexity index is 597.